The van der Waals surface area contributed by atoms with Gasteiger partial charge in [-0.1, -0.05) is 23.4 Å². The Bertz CT molecular complexity index is 564. The van der Waals surface area contributed by atoms with Gasteiger partial charge >= 0.3 is 0 Å². The second-order valence-corrected chi connectivity index (χ2v) is 4.85. The Morgan fingerprint density at radius 1 is 1.35 bits per heavy atom. The van der Waals surface area contributed by atoms with Gasteiger partial charge in [-0.3, -0.25) is 4.79 Å². The summed E-state index contributed by atoms with van der Waals surface area (Å²) in [5, 5.41) is 7.71. The maximum absolute atomic E-state index is 12.2. The average molecular weight is 272 g/mol. The molecular weight excluding hydrogens is 256 g/mol. The van der Waals surface area contributed by atoms with E-state index in [0.717, 1.165) is 0 Å². The van der Waals surface area contributed by atoms with Gasteiger partial charge in [0.05, 0.1) is 12.2 Å². The summed E-state index contributed by atoms with van der Waals surface area (Å²) in [6.45, 7) is 3.09. The van der Waals surface area contributed by atoms with E-state index in [9.17, 15) is 4.79 Å². The van der Waals surface area contributed by atoms with Gasteiger partial charge in [-0.05, 0) is 19.1 Å². The van der Waals surface area contributed by atoms with Crippen LogP contribution < -0.4 is 4.74 Å². The highest BCUT2D eigenvalue weighted by Gasteiger charge is 2.35. The number of ether oxygens (including phenoxy) is 1. The van der Waals surface area contributed by atoms with Crippen LogP contribution in [0, 0.1) is 0 Å². The first-order valence-electron chi connectivity index (χ1n) is 6.60. The summed E-state index contributed by atoms with van der Waals surface area (Å²) in [5.41, 5.74) is 0. The lowest BCUT2D eigenvalue weighted by Gasteiger charge is -2.39. The first kappa shape index (κ1) is 12.7. The second kappa shape index (κ2) is 5.32. The van der Waals surface area contributed by atoms with Crippen LogP contribution in [0.4, 0.5) is 0 Å². The lowest BCUT2D eigenvalue weighted by Crippen LogP contribution is -2.54. The number of hydrogen-bond acceptors (Lipinski definition) is 4. The summed E-state index contributed by atoms with van der Waals surface area (Å²) in [6.07, 6.45) is 2.98. The van der Waals surface area contributed by atoms with Gasteiger partial charge in [-0.2, -0.15) is 0 Å². The zero-order valence-electron chi connectivity index (χ0n) is 11.2. The van der Waals surface area contributed by atoms with Crippen LogP contribution in [0.25, 0.3) is 0 Å². The SMILES string of the molecule is C[C@H](Oc1ccccc1)C(=O)N1CC(n2ccnn2)C1. The van der Waals surface area contributed by atoms with Crippen molar-refractivity contribution in [3.05, 3.63) is 42.7 Å². The van der Waals surface area contributed by atoms with Crippen molar-refractivity contribution in [3.8, 4) is 5.75 Å². The van der Waals surface area contributed by atoms with Gasteiger partial charge in [0, 0.05) is 19.3 Å². The van der Waals surface area contributed by atoms with Crippen molar-refractivity contribution in [1.82, 2.24) is 19.9 Å². The van der Waals surface area contributed by atoms with E-state index in [4.69, 9.17) is 4.74 Å². The summed E-state index contributed by atoms with van der Waals surface area (Å²) in [7, 11) is 0. The molecule has 0 bridgehead atoms. The van der Waals surface area contributed by atoms with Crippen LogP contribution in [0.15, 0.2) is 42.7 Å². The number of aromatic nitrogens is 3. The molecule has 2 aromatic rings. The van der Waals surface area contributed by atoms with Crippen LogP contribution in [-0.2, 0) is 4.79 Å². The number of carbonyl (C=O) groups is 1. The molecule has 0 saturated carbocycles. The van der Waals surface area contributed by atoms with E-state index >= 15 is 0 Å². The second-order valence-electron chi connectivity index (χ2n) is 4.85. The first-order valence-corrected chi connectivity index (χ1v) is 6.60. The molecule has 1 fully saturated rings. The third-order valence-corrected chi connectivity index (χ3v) is 3.39. The number of nitrogens with zero attached hydrogens (tertiary/aromatic N) is 4. The van der Waals surface area contributed by atoms with Crippen molar-refractivity contribution in [3.63, 3.8) is 0 Å². The molecule has 1 saturated heterocycles. The minimum Gasteiger partial charge on any atom is -0.481 e. The van der Waals surface area contributed by atoms with Gasteiger partial charge < -0.3 is 9.64 Å². The number of likely N-dealkylation sites (tertiary alicyclic amines) is 1. The monoisotopic (exact) mass is 272 g/mol. The van der Waals surface area contributed by atoms with Crippen molar-refractivity contribution >= 4 is 5.91 Å². The van der Waals surface area contributed by atoms with Crippen molar-refractivity contribution in [2.75, 3.05) is 13.1 Å². The fourth-order valence-electron chi connectivity index (χ4n) is 2.23. The Hall–Kier alpha value is -2.37. The fraction of sp³-hybridized carbons (Fsp3) is 0.357. The molecular formula is C14H16N4O2. The number of para-hydroxylation sites is 1. The van der Waals surface area contributed by atoms with Crippen LogP contribution in [0.2, 0.25) is 0 Å². The summed E-state index contributed by atoms with van der Waals surface area (Å²) in [6, 6.07) is 9.60. The van der Waals surface area contributed by atoms with E-state index in [2.05, 4.69) is 10.3 Å². The average Bonchev–Trinajstić information content (AvgIpc) is 2.92. The van der Waals surface area contributed by atoms with Gasteiger partial charge in [0.15, 0.2) is 6.10 Å². The number of amides is 1. The molecule has 0 N–H and O–H groups in total. The van der Waals surface area contributed by atoms with E-state index in [1.54, 1.807) is 22.7 Å². The Morgan fingerprint density at radius 2 is 2.10 bits per heavy atom. The molecule has 6 heteroatoms. The van der Waals surface area contributed by atoms with Gasteiger partial charge in [0.1, 0.15) is 5.75 Å². The molecule has 1 amide bonds. The fourth-order valence-corrected chi connectivity index (χ4v) is 2.23. The van der Waals surface area contributed by atoms with Gasteiger partial charge in [0.25, 0.3) is 5.91 Å². The molecule has 6 nitrogen and oxygen atoms in total. The Morgan fingerprint density at radius 3 is 2.75 bits per heavy atom. The molecule has 104 valence electrons. The van der Waals surface area contributed by atoms with Gasteiger partial charge in [-0.25, -0.2) is 4.68 Å². The van der Waals surface area contributed by atoms with E-state index in [1.807, 2.05) is 36.5 Å². The van der Waals surface area contributed by atoms with E-state index in [1.165, 1.54) is 0 Å². The predicted molar refractivity (Wildman–Crippen MR) is 72.2 cm³/mol. The number of benzene rings is 1. The van der Waals surface area contributed by atoms with E-state index in [-0.39, 0.29) is 11.9 Å². The maximum atomic E-state index is 12.2. The van der Waals surface area contributed by atoms with Gasteiger partial charge in [0.2, 0.25) is 0 Å². The maximum Gasteiger partial charge on any atom is 0.263 e. The predicted octanol–water partition coefficient (Wildman–Crippen LogP) is 1.13. The molecule has 1 aliphatic heterocycles. The van der Waals surface area contributed by atoms with Crippen molar-refractivity contribution in [2.24, 2.45) is 0 Å². The topological polar surface area (TPSA) is 60.2 Å². The first-order chi connectivity index (χ1) is 9.74. The van der Waals surface area contributed by atoms with E-state index in [0.29, 0.717) is 18.8 Å². The molecule has 0 aliphatic carbocycles. The molecule has 0 spiro atoms. The third-order valence-electron chi connectivity index (χ3n) is 3.39. The van der Waals surface area contributed by atoms with Crippen LogP contribution in [0.5, 0.6) is 5.75 Å². The Labute approximate surface area is 117 Å². The van der Waals surface area contributed by atoms with Crippen molar-refractivity contribution in [2.45, 2.75) is 19.1 Å². The minimum atomic E-state index is -0.478. The molecule has 0 radical (unpaired) electrons. The molecule has 1 aliphatic rings. The molecule has 0 unspecified atom stereocenters. The van der Waals surface area contributed by atoms with Crippen molar-refractivity contribution in [1.29, 1.82) is 0 Å². The molecule has 1 aromatic heterocycles. The van der Waals surface area contributed by atoms with E-state index < -0.39 is 6.10 Å². The zero-order chi connectivity index (χ0) is 13.9. The van der Waals surface area contributed by atoms with Crippen LogP contribution in [0.3, 0.4) is 0 Å². The van der Waals surface area contributed by atoms with Gasteiger partial charge in [-0.15, -0.1) is 5.10 Å². The number of rotatable bonds is 4. The number of carbonyl (C=O) groups excluding carboxylic acids is 1. The highest BCUT2D eigenvalue weighted by Crippen LogP contribution is 2.21. The standard InChI is InChI=1S/C14H16N4O2/c1-11(20-13-5-3-2-4-6-13)14(19)17-9-12(10-17)18-8-7-15-16-18/h2-8,11-12H,9-10H2,1H3/t11-/m0/s1. The molecule has 3 rings (SSSR count). The molecule has 1 aromatic carbocycles. The normalized spacial score (nSPS) is 16.6. The lowest BCUT2D eigenvalue weighted by molar-refractivity contribution is -0.144. The smallest absolute Gasteiger partial charge is 0.263 e. The largest absolute Gasteiger partial charge is 0.481 e. The Kier molecular flexibility index (Phi) is 3.37. The summed E-state index contributed by atoms with van der Waals surface area (Å²) >= 11 is 0. The molecule has 2 heterocycles. The Balaban J connectivity index is 1.53. The van der Waals surface area contributed by atoms with Crippen LogP contribution >= 0.6 is 0 Å². The third kappa shape index (κ3) is 2.49. The highest BCUT2D eigenvalue weighted by atomic mass is 16.5. The summed E-state index contributed by atoms with van der Waals surface area (Å²) in [5.74, 6) is 0.715. The lowest BCUT2D eigenvalue weighted by atomic mass is 10.1. The highest BCUT2D eigenvalue weighted by molar-refractivity contribution is 5.81. The molecule has 1 atom stereocenters. The number of hydrogen-bond donors (Lipinski definition) is 0. The zero-order valence-corrected chi connectivity index (χ0v) is 11.2. The minimum absolute atomic E-state index is 0.00483. The summed E-state index contributed by atoms with van der Waals surface area (Å²) in [4.78, 5) is 14.0. The van der Waals surface area contributed by atoms with Crippen molar-refractivity contribution < 1.29 is 9.53 Å². The summed E-state index contributed by atoms with van der Waals surface area (Å²) < 4.78 is 7.42. The molecule has 20 heavy (non-hydrogen) atoms. The quantitative estimate of drug-likeness (QED) is 0.837. The van der Waals surface area contributed by atoms with Crippen LogP contribution in [0.1, 0.15) is 13.0 Å². The van der Waals surface area contributed by atoms with Crippen LogP contribution in [-0.4, -0.2) is 45.0 Å².